The van der Waals surface area contributed by atoms with E-state index in [1.54, 1.807) is 5.38 Å². The Kier molecular flexibility index (Phi) is 6.81. The van der Waals surface area contributed by atoms with Crippen LogP contribution in [0.1, 0.15) is 40.9 Å². The van der Waals surface area contributed by atoms with Gasteiger partial charge in [-0.15, -0.1) is 23.7 Å². The lowest BCUT2D eigenvalue weighted by Crippen LogP contribution is -2.32. The van der Waals surface area contributed by atoms with E-state index >= 15 is 0 Å². The van der Waals surface area contributed by atoms with Crippen LogP contribution >= 0.6 is 23.7 Å². The molecule has 0 aliphatic heterocycles. The van der Waals surface area contributed by atoms with Gasteiger partial charge in [-0.2, -0.15) is 0 Å². The van der Waals surface area contributed by atoms with Crippen LogP contribution in [0.5, 0.6) is 0 Å². The largest absolute Gasteiger partial charge is 0.344 e. The summed E-state index contributed by atoms with van der Waals surface area (Å²) < 4.78 is 0. The van der Waals surface area contributed by atoms with Gasteiger partial charge in [0.05, 0.1) is 6.04 Å². The minimum Gasteiger partial charge on any atom is -0.344 e. The van der Waals surface area contributed by atoms with E-state index in [-0.39, 0.29) is 24.4 Å². The molecule has 4 nitrogen and oxygen atoms in total. The Morgan fingerprint density at radius 1 is 1.33 bits per heavy atom. The first-order valence-electron chi connectivity index (χ1n) is 6.62. The van der Waals surface area contributed by atoms with Crippen molar-refractivity contribution in [2.45, 2.75) is 26.4 Å². The first kappa shape index (κ1) is 17.6. The van der Waals surface area contributed by atoms with Crippen LogP contribution < -0.4 is 11.1 Å². The first-order chi connectivity index (χ1) is 9.61. The van der Waals surface area contributed by atoms with Crippen molar-refractivity contribution in [3.05, 3.63) is 52.0 Å². The fourth-order valence-corrected chi connectivity index (χ4v) is 2.67. The number of hydrogen-bond donors (Lipinski definition) is 2. The van der Waals surface area contributed by atoms with Crippen molar-refractivity contribution in [1.29, 1.82) is 0 Å². The standard InChI is InChI=1S/C15H19N3OS.ClH/c1-10(2)14(11-6-4-3-5-7-11)18-15(19)12-9-20-13(8-16)17-12;/h3-7,9-10,14H,8,16H2,1-2H3,(H,18,19);1H. The van der Waals surface area contributed by atoms with E-state index in [1.807, 2.05) is 30.3 Å². The highest BCUT2D eigenvalue weighted by Crippen LogP contribution is 2.22. The number of nitrogens with two attached hydrogens (primary N) is 1. The summed E-state index contributed by atoms with van der Waals surface area (Å²) in [6.45, 7) is 4.54. The second-order valence-corrected chi connectivity index (χ2v) is 5.88. The molecule has 0 saturated carbocycles. The molecule has 0 spiro atoms. The number of carbonyl (C=O) groups excluding carboxylic acids is 1. The predicted octanol–water partition coefficient (Wildman–Crippen LogP) is 3.15. The van der Waals surface area contributed by atoms with Crippen LogP contribution in [0.15, 0.2) is 35.7 Å². The van der Waals surface area contributed by atoms with E-state index in [9.17, 15) is 4.79 Å². The Morgan fingerprint density at radius 2 is 2.00 bits per heavy atom. The number of thiazole rings is 1. The smallest absolute Gasteiger partial charge is 0.271 e. The number of halogens is 1. The minimum atomic E-state index is -0.150. The number of benzene rings is 1. The van der Waals surface area contributed by atoms with Gasteiger partial charge in [-0.05, 0) is 11.5 Å². The molecule has 1 heterocycles. The maximum absolute atomic E-state index is 12.3. The molecule has 0 radical (unpaired) electrons. The molecule has 0 fully saturated rings. The fraction of sp³-hybridized carbons (Fsp3) is 0.333. The SMILES string of the molecule is CC(C)C(NC(=O)c1csc(CN)n1)c1ccccc1.Cl. The Morgan fingerprint density at radius 3 is 2.52 bits per heavy atom. The van der Waals surface area contributed by atoms with Crippen molar-refractivity contribution in [2.75, 3.05) is 0 Å². The normalized spacial score (nSPS) is 11.8. The van der Waals surface area contributed by atoms with Crippen molar-refractivity contribution in [2.24, 2.45) is 11.7 Å². The molecule has 2 aromatic rings. The van der Waals surface area contributed by atoms with Gasteiger partial charge in [0, 0.05) is 11.9 Å². The third-order valence-corrected chi connectivity index (χ3v) is 3.94. The number of carbonyl (C=O) groups is 1. The molecule has 0 bridgehead atoms. The maximum atomic E-state index is 12.3. The van der Waals surface area contributed by atoms with Crippen LogP contribution in [0.25, 0.3) is 0 Å². The number of nitrogens with zero attached hydrogens (tertiary/aromatic N) is 1. The number of aromatic nitrogens is 1. The van der Waals surface area contributed by atoms with Crippen LogP contribution in [-0.4, -0.2) is 10.9 Å². The minimum absolute atomic E-state index is 0. The zero-order valence-electron chi connectivity index (χ0n) is 12.1. The molecule has 0 saturated heterocycles. The Hall–Kier alpha value is -1.43. The summed E-state index contributed by atoms with van der Waals surface area (Å²) >= 11 is 1.41. The molecule has 1 atom stereocenters. The van der Waals surface area contributed by atoms with E-state index in [0.717, 1.165) is 10.6 Å². The van der Waals surface area contributed by atoms with Crippen LogP contribution in [0.4, 0.5) is 0 Å². The molecule has 0 aliphatic rings. The van der Waals surface area contributed by atoms with Gasteiger partial charge in [0.2, 0.25) is 0 Å². The highest BCUT2D eigenvalue weighted by atomic mass is 35.5. The average molecular weight is 326 g/mol. The van der Waals surface area contributed by atoms with Crippen molar-refractivity contribution < 1.29 is 4.79 Å². The van der Waals surface area contributed by atoms with Crippen LogP contribution in [0, 0.1) is 5.92 Å². The van der Waals surface area contributed by atoms with Gasteiger partial charge in [-0.25, -0.2) is 4.98 Å². The van der Waals surface area contributed by atoms with Gasteiger partial charge in [0.15, 0.2) is 0 Å². The van der Waals surface area contributed by atoms with Gasteiger partial charge >= 0.3 is 0 Å². The zero-order valence-corrected chi connectivity index (χ0v) is 13.7. The molecule has 1 aromatic heterocycles. The van der Waals surface area contributed by atoms with Crippen molar-refractivity contribution >= 4 is 29.7 Å². The first-order valence-corrected chi connectivity index (χ1v) is 7.50. The van der Waals surface area contributed by atoms with E-state index in [4.69, 9.17) is 5.73 Å². The Labute approximate surface area is 135 Å². The topological polar surface area (TPSA) is 68.0 Å². The van der Waals surface area contributed by atoms with Crippen LogP contribution in [0.3, 0.4) is 0 Å². The second kappa shape index (κ2) is 8.12. The molecular formula is C15H20ClN3OS. The molecule has 6 heteroatoms. The summed E-state index contributed by atoms with van der Waals surface area (Å²) in [7, 11) is 0. The molecule has 0 aliphatic carbocycles. The summed E-state index contributed by atoms with van der Waals surface area (Å²) in [6.07, 6.45) is 0. The number of nitrogens with one attached hydrogen (secondary N) is 1. The summed E-state index contributed by atoms with van der Waals surface area (Å²) in [4.78, 5) is 16.5. The van der Waals surface area contributed by atoms with Gasteiger partial charge in [-0.3, -0.25) is 4.79 Å². The van der Waals surface area contributed by atoms with E-state index in [0.29, 0.717) is 18.2 Å². The molecule has 114 valence electrons. The fourth-order valence-electron chi connectivity index (χ4n) is 2.02. The quantitative estimate of drug-likeness (QED) is 0.887. The third kappa shape index (κ3) is 4.52. The van der Waals surface area contributed by atoms with Gasteiger partial charge in [0.1, 0.15) is 10.7 Å². The van der Waals surface area contributed by atoms with Crippen molar-refractivity contribution in [1.82, 2.24) is 10.3 Å². The second-order valence-electron chi connectivity index (χ2n) is 4.94. The monoisotopic (exact) mass is 325 g/mol. The van der Waals surface area contributed by atoms with Gasteiger partial charge in [-0.1, -0.05) is 44.2 Å². The molecule has 1 unspecified atom stereocenters. The third-order valence-electron chi connectivity index (χ3n) is 3.07. The van der Waals surface area contributed by atoms with Crippen LogP contribution in [-0.2, 0) is 6.54 Å². The molecular weight excluding hydrogens is 306 g/mol. The maximum Gasteiger partial charge on any atom is 0.271 e. The van der Waals surface area contributed by atoms with E-state index in [1.165, 1.54) is 11.3 Å². The van der Waals surface area contributed by atoms with Crippen molar-refractivity contribution in [3.8, 4) is 0 Å². The lowest BCUT2D eigenvalue weighted by atomic mass is 9.96. The van der Waals surface area contributed by atoms with Crippen LogP contribution in [0.2, 0.25) is 0 Å². The molecule has 3 N–H and O–H groups in total. The number of amides is 1. The Balaban J connectivity index is 0.00000220. The summed E-state index contributed by atoms with van der Waals surface area (Å²) in [6, 6.07) is 9.95. The molecule has 1 aromatic carbocycles. The Bertz CT molecular complexity index is 571. The summed E-state index contributed by atoms with van der Waals surface area (Å²) in [5.74, 6) is 0.150. The lowest BCUT2D eigenvalue weighted by Gasteiger charge is -2.22. The van der Waals surface area contributed by atoms with Gasteiger partial charge < -0.3 is 11.1 Å². The highest BCUT2D eigenvalue weighted by molar-refractivity contribution is 7.09. The molecule has 21 heavy (non-hydrogen) atoms. The highest BCUT2D eigenvalue weighted by Gasteiger charge is 2.20. The van der Waals surface area contributed by atoms with E-state index < -0.39 is 0 Å². The summed E-state index contributed by atoms with van der Waals surface area (Å²) in [5.41, 5.74) is 7.06. The number of hydrogen-bond acceptors (Lipinski definition) is 4. The number of rotatable bonds is 5. The summed E-state index contributed by atoms with van der Waals surface area (Å²) in [5, 5.41) is 5.57. The molecule has 1 amide bonds. The van der Waals surface area contributed by atoms with E-state index in [2.05, 4.69) is 24.1 Å². The average Bonchev–Trinajstić information content (AvgIpc) is 2.94. The molecule has 2 rings (SSSR count). The van der Waals surface area contributed by atoms with Crippen molar-refractivity contribution in [3.63, 3.8) is 0 Å². The van der Waals surface area contributed by atoms with Gasteiger partial charge in [0.25, 0.3) is 5.91 Å². The zero-order chi connectivity index (χ0) is 14.5. The predicted molar refractivity (Wildman–Crippen MR) is 88.7 cm³/mol. The lowest BCUT2D eigenvalue weighted by molar-refractivity contribution is 0.0921.